The molecule has 6 nitrogen and oxygen atoms in total. The molecule has 3 rings (SSSR count). The van der Waals surface area contributed by atoms with E-state index in [4.69, 9.17) is 13.9 Å². The van der Waals surface area contributed by atoms with E-state index in [2.05, 4.69) is 24.0 Å². The highest BCUT2D eigenvalue weighted by atomic mass is 32.2. The Kier molecular flexibility index (Phi) is 6.93. The molecule has 0 bridgehead atoms. The predicted molar refractivity (Wildman–Crippen MR) is 113 cm³/mol. The molecule has 3 aromatic rings. The second-order valence-electron chi connectivity index (χ2n) is 6.59. The average molecular weight is 413 g/mol. The lowest BCUT2D eigenvalue weighted by Crippen LogP contribution is -2.03. The summed E-state index contributed by atoms with van der Waals surface area (Å²) in [6, 6.07) is 13.2. The van der Waals surface area contributed by atoms with Gasteiger partial charge in [-0.15, -0.1) is 10.2 Å². The van der Waals surface area contributed by atoms with Gasteiger partial charge in [0.15, 0.2) is 17.3 Å². The number of hydrogen-bond acceptors (Lipinski definition) is 7. The van der Waals surface area contributed by atoms with Gasteiger partial charge >= 0.3 is 0 Å². The Labute approximate surface area is 174 Å². The quantitative estimate of drug-likeness (QED) is 0.351. The second-order valence-corrected chi connectivity index (χ2v) is 7.51. The summed E-state index contributed by atoms with van der Waals surface area (Å²) in [7, 11) is 3.14. The van der Waals surface area contributed by atoms with Gasteiger partial charge in [0.25, 0.3) is 5.22 Å². The average Bonchev–Trinajstić information content (AvgIpc) is 3.25. The maximum Gasteiger partial charge on any atom is 0.277 e. The van der Waals surface area contributed by atoms with Crippen LogP contribution in [0.15, 0.2) is 52.1 Å². The number of Topliss-reactive ketones (excluding diaryl/α,β-unsaturated/α-hetero) is 1. The van der Waals surface area contributed by atoms with Gasteiger partial charge < -0.3 is 13.9 Å². The number of rotatable bonds is 9. The van der Waals surface area contributed by atoms with Crippen LogP contribution in [0.1, 0.15) is 42.1 Å². The standard InChI is InChI=1S/C22H24N2O4S/c1-5-14(2)15-6-8-16(9-7-15)18(25)13-29-22-24-23-21(28-22)17-10-11-19(26-3)20(12-17)27-4/h6-12,14H,5,13H2,1-4H3/t14-/m1/s1. The normalized spacial score (nSPS) is 11.9. The number of benzene rings is 2. The fourth-order valence-corrected chi connectivity index (χ4v) is 3.46. The van der Waals surface area contributed by atoms with Gasteiger partial charge in [-0.2, -0.15) is 0 Å². The number of carbonyl (C=O) groups excluding carboxylic acids is 1. The summed E-state index contributed by atoms with van der Waals surface area (Å²) in [6.45, 7) is 4.33. The summed E-state index contributed by atoms with van der Waals surface area (Å²) < 4.78 is 16.2. The number of carbonyl (C=O) groups is 1. The molecule has 2 aromatic carbocycles. The van der Waals surface area contributed by atoms with Crippen LogP contribution in [0.4, 0.5) is 0 Å². The summed E-state index contributed by atoms with van der Waals surface area (Å²) in [4.78, 5) is 12.5. The lowest BCUT2D eigenvalue weighted by atomic mass is 9.97. The zero-order valence-corrected chi connectivity index (χ0v) is 17.8. The molecule has 0 fully saturated rings. The molecule has 1 aromatic heterocycles. The van der Waals surface area contributed by atoms with Crippen LogP contribution >= 0.6 is 11.8 Å². The highest BCUT2D eigenvalue weighted by molar-refractivity contribution is 7.99. The minimum Gasteiger partial charge on any atom is -0.493 e. The first-order valence-electron chi connectivity index (χ1n) is 9.37. The van der Waals surface area contributed by atoms with Gasteiger partial charge in [0.05, 0.1) is 20.0 Å². The Morgan fingerprint density at radius 2 is 1.79 bits per heavy atom. The Morgan fingerprint density at radius 1 is 1.07 bits per heavy atom. The van der Waals surface area contributed by atoms with Crippen molar-refractivity contribution in [1.82, 2.24) is 10.2 Å². The van der Waals surface area contributed by atoms with Crippen molar-refractivity contribution in [3.63, 3.8) is 0 Å². The number of ketones is 1. The largest absolute Gasteiger partial charge is 0.493 e. The van der Waals surface area contributed by atoms with E-state index < -0.39 is 0 Å². The first kappa shape index (κ1) is 20.9. The maximum atomic E-state index is 12.5. The van der Waals surface area contributed by atoms with E-state index >= 15 is 0 Å². The number of nitrogens with zero attached hydrogens (tertiary/aromatic N) is 2. The molecule has 1 atom stereocenters. The summed E-state index contributed by atoms with van der Waals surface area (Å²) in [6.07, 6.45) is 1.07. The van der Waals surface area contributed by atoms with Gasteiger partial charge in [-0.3, -0.25) is 4.79 Å². The topological polar surface area (TPSA) is 74.5 Å². The monoisotopic (exact) mass is 412 g/mol. The first-order valence-corrected chi connectivity index (χ1v) is 10.4. The second kappa shape index (κ2) is 9.60. The van der Waals surface area contributed by atoms with Gasteiger partial charge in [0, 0.05) is 11.1 Å². The van der Waals surface area contributed by atoms with Crippen LogP contribution in [0.25, 0.3) is 11.5 Å². The SMILES string of the molecule is CC[C@@H](C)c1ccc(C(=O)CSc2nnc(-c3ccc(OC)c(OC)c3)o2)cc1. The van der Waals surface area contributed by atoms with Crippen molar-refractivity contribution in [2.75, 3.05) is 20.0 Å². The molecule has 0 saturated heterocycles. The molecule has 0 saturated carbocycles. The van der Waals surface area contributed by atoms with Crippen LogP contribution in [0.2, 0.25) is 0 Å². The Balaban J connectivity index is 1.64. The van der Waals surface area contributed by atoms with Crippen LogP contribution in [-0.4, -0.2) is 36.0 Å². The zero-order valence-electron chi connectivity index (χ0n) is 17.0. The molecule has 0 aliphatic rings. The van der Waals surface area contributed by atoms with Crippen LogP contribution in [0, 0.1) is 0 Å². The third kappa shape index (κ3) is 4.98. The fraction of sp³-hybridized carbons (Fsp3) is 0.318. The molecule has 0 aliphatic carbocycles. The van der Waals surface area contributed by atoms with Gasteiger partial charge in [0.1, 0.15) is 0 Å². The molecule has 29 heavy (non-hydrogen) atoms. The van der Waals surface area contributed by atoms with Crippen molar-refractivity contribution in [2.24, 2.45) is 0 Å². The summed E-state index contributed by atoms with van der Waals surface area (Å²) in [5.74, 6) is 2.30. The first-order chi connectivity index (χ1) is 14.0. The van der Waals surface area contributed by atoms with E-state index in [0.717, 1.165) is 6.42 Å². The van der Waals surface area contributed by atoms with E-state index in [0.29, 0.717) is 39.7 Å². The zero-order chi connectivity index (χ0) is 20.8. The van der Waals surface area contributed by atoms with Gasteiger partial charge in [-0.05, 0) is 36.1 Å². The van der Waals surface area contributed by atoms with Gasteiger partial charge in [0.2, 0.25) is 5.89 Å². The third-order valence-electron chi connectivity index (χ3n) is 4.78. The maximum absolute atomic E-state index is 12.5. The molecule has 0 unspecified atom stereocenters. The van der Waals surface area contributed by atoms with E-state index in [1.807, 2.05) is 30.3 Å². The molecule has 7 heteroatoms. The molecule has 1 heterocycles. The molecule has 152 valence electrons. The molecular weight excluding hydrogens is 388 g/mol. The Bertz CT molecular complexity index is 969. The highest BCUT2D eigenvalue weighted by Gasteiger charge is 2.15. The lowest BCUT2D eigenvalue weighted by Gasteiger charge is -2.09. The van der Waals surface area contributed by atoms with Crippen molar-refractivity contribution in [1.29, 1.82) is 0 Å². The van der Waals surface area contributed by atoms with Crippen molar-refractivity contribution in [2.45, 2.75) is 31.4 Å². The molecule has 0 amide bonds. The number of methoxy groups -OCH3 is 2. The van der Waals surface area contributed by atoms with Crippen molar-refractivity contribution < 1.29 is 18.7 Å². The van der Waals surface area contributed by atoms with Crippen LogP contribution in [0.3, 0.4) is 0 Å². The van der Waals surface area contributed by atoms with Crippen LogP contribution in [-0.2, 0) is 0 Å². The Hall–Kier alpha value is -2.80. The molecule has 0 radical (unpaired) electrons. The minimum absolute atomic E-state index is 0.0246. The van der Waals surface area contributed by atoms with E-state index in [1.54, 1.807) is 26.4 Å². The van der Waals surface area contributed by atoms with Crippen molar-refractivity contribution in [3.8, 4) is 23.0 Å². The molecule has 0 spiro atoms. The van der Waals surface area contributed by atoms with Crippen molar-refractivity contribution >= 4 is 17.5 Å². The smallest absolute Gasteiger partial charge is 0.277 e. The van der Waals surface area contributed by atoms with E-state index in [1.165, 1.54) is 17.3 Å². The number of thioether (sulfide) groups is 1. The molecule has 0 N–H and O–H groups in total. The van der Waals surface area contributed by atoms with Gasteiger partial charge in [-0.25, -0.2) is 0 Å². The third-order valence-corrected chi connectivity index (χ3v) is 5.60. The van der Waals surface area contributed by atoms with Crippen LogP contribution in [0.5, 0.6) is 11.5 Å². The van der Waals surface area contributed by atoms with E-state index in [-0.39, 0.29) is 11.5 Å². The number of hydrogen-bond donors (Lipinski definition) is 0. The molecular formula is C22H24N2O4S. The fourth-order valence-electron chi connectivity index (χ4n) is 2.80. The lowest BCUT2D eigenvalue weighted by molar-refractivity contribution is 0.102. The summed E-state index contributed by atoms with van der Waals surface area (Å²) >= 11 is 1.23. The Morgan fingerprint density at radius 3 is 2.45 bits per heavy atom. The van der Waals surface area contributed by atoms with Crippen LogP contribution < -0.4 is 9.47 Å². The highest BCUT2D eigenvalue weighted by Crippen LogP contribution is 2.32. The summed E-state index contributed by atoms with van der Waals surface area (Å²) in [5.41, 5.74) is 2.64. The predicted octanol–water partition coefficient (Wildman–Crippen LogP) is 5.24. The minimum atomic E-state index is 0.0246. The summed E-state index contributed by atoms with van der Waals surface area (Å²) in [5, 5.41) is 8.44. The van der Waals surface area contributed by atoms with E-state index in [9.17, 15) is 4.79 Å². The number of ether oxygens (including phenoxy) is 2. The van der Waals surface area contributed by atoms with Crippen molar-refractivity contribution in [3.05, 3.63) is 53.6 Å². The van der Waals surface area contributed by atoms with Gasteiger partial charge in [-0.1, -0.05) is 49.9 Å². The number of aromatic nitrogens is 2. The molecule has 0 aliphatic heterocycles.